The molecule has 3 nitrogen and oxygen atoms in total. The van der Waals surface area contributed by atoms with E-state index < -0.39 is 5.54 Å². The molecule has 0 bridgehead atoms. The van der Waals surface area contributed by atoms with E-state index in [1.807, 2.05) is 6.92 Å². The number of hydrogen-bond donors (Lipinski definition) is 2. The van der Waals surface area contributed by atoms with Crippen molar-refractivity contribution in [2.45, 2.75) is 58.4 Å². The number of ether oxygens (including phenoxy) is 1. The molecule has 0 saturated carbocycles. The monoisotopic (exact) mass is 231 g/mol. The number of aliphatic hydroxyl groups excluding tert-OH is 1. The molecule has 2 atom stereocenters. The molecular weight excluding hydrogens is 202 g/mol. The number of rotatable bonds is 10. The second-order valence-electron chi connectivity index (χ2n) is 5.05. The van der Waals surface area contributed by atoms with Crippen LogP contribution in [0.15, 0.2) is 0 Å². The molecule has 3 heteroatoms. The van der Waals surface area contributed by atoms with Crippen molar-refractivity contribution in [3.63, 3.8) is 0 Å². The number of hydrogen-bond acceptors (Lipinski definition) is 3. The Balaban J connectivity index is 3.55. The van der Waals surface area contributed by atoms with Crippen LogP contribution >= 0.6 is 0 Å². The Morgan fingerprint density at radius 1 is 1.38 bits per heavy atom. The van der Waals surface area contributed by atoms with E-state index in [-0.39, 0.29) is 6.61 Å². The van der Waals surface area contributed by atoms with Gasteiger partial charge in [0.1, 0.15) is 0 Å². The Labute approximate surface area is 100 Å². The van der Waals surface area contributed by atoms with Gasteiger partial charge in [-0.15, -0.1) is 0 Å². The van der Waals surface area contributed by atoms with Crippen LogP contribution in [0, 0.1) is 5.92 Å². The summed E-state index contributed by atoms with van der Waals surface area (Å²) in [6.07, 6.45) is 5.69. The molecule has 16 heavy (non-hydrogen) atoms. The lowest BCUT2D eigenvalue weighted by Crippen LogP contribution is -2.41. The first kappa shape index (κ1) is 15.9. The topological polar surface area (TPSA) is 55.5 Å². The molecule has 0 amide bonds. The largest absolute Gasteiger partial charge is 0.394 e. The fourth-order valence-electron chi connectivity index (χ4n) is 1.53. The van der Waals surface area contributed by atoms with Crippen molar-refractivity contribution in [2.24, 2.45) is 11.7 Å². The van der Waals surface area contributed by atoms with Crippen molar-refractivity contribution >= 4 is 0 Å². The van der Waals surface area contributed by atoms with E-state index in [0.717, 1.165) is 6.61 Å². The summed E-state index contributed by atoms with van der Waals surface area (Å²) < 4.78 is 5.63. The van der Waals surface area contributed by atoms with E-state index in [2.05, 4.69) is 13.8 Å². The van der Waals surface area contributed by atoms with Gasteiger partial charge in [0.05, 0.1) is 6.61 Å². The van der Waals surface area contributed by atoms with Gasteiger partial charge in [-0.3, -0.25) is 0 Å². The second kappa shape index (κ2) is 8.97. The van der Waals surface area contributed by atoms with Crippen LogP contribution in [0.4, 0.5) is 0 Å². The summed E-state index contributed by atoms with van der Waals surface area (Å²) in [7, 11) is 0. The van der Waals surface area contributed by atoms with Crippen molar-refractivity contribution in [1.29, 1.82) is 0 Å². The highest BCUT2D eigenvalue weighted by molar-refractivity contribution is 4.76. The zero-order valence-corrected chi connectivity index (χ0v) is 11.2. The quantitative estimate of drug-likeness (QED) is 0.567. The minimum absolute atomic E-state index is 0.0173. The third-order valence-corrected chi connectivity index (χ3v) is 3.08. The summed E-state index contributed by atoms with van der Waals surface area (Å²) in [5.41, 5.74) is 5.32. The Kier molecular flexibility index (Phi) is 8.90. The minimum Gasteiger partial charge on any atom is -0.394 e. The molecule has 0 spiro atoms. The molecule has 0 heterocycles. The summed E-state index contributed by atoms with van der Waals surface area (Å²) in [5.74, 6) is 0.679. The first-order chi connectivity index (χ1) is 7.55. The van der Waals surface area contributed by atoms with Gasteiger partial charge in [0.2, 0.25) is 0 Å². The van der Waals surface area contributed by atoms with Gasteiger partial charge < -0.3 is 15.6 Å². The second-order valence-corrected chi connectivity index (χ2v) is 5.05. The van der Waals surface area contributed by atoms with Crippen LogP contribution < -0.4 is 5.73 Å². The van der Waals surface area contributed by atoms with Gasteiger partial charge in [0, 0.05) is 18.8 Å². The van der Waals surface area contributed by atoms with Gasteiger partial charge in [0.25, 0.3) is 0 Å². The summed E-state index contributed by atoms with van der Waals surface area (Å²) in [6, 6.07) is 0. The first-order valence-electron chi connectivity index (χ1n) is 6.53. The summed E-state index contributed by atoms with van der Waals surface area (Å²) >= 11 is 0. The number of aliphatic hydroxyl groups is 1. The fourth-order valence-corrected chi connectivity index (χ4v) is 1.53. The number of unbranched alkanes of at least 4 members (excludes halogenated alkanes) is 1. The molecule has 98 valence electrons. The maximum atomic E-state index is 8.98. The average molecular weight is 231 g/mol. The Hall–Kier alpha value is -0.120. The normalized spacial score (nSPS) is 17.1. The smallest absolute Gasteiger partial charge is 0.0609 e. The van der Waals surface area contributed by atoms with Crippen molar-refractivity contribution in [3.8, 4) is 0 Å². The minimum atomic E-state index is -0.495. The molecule has 0 aromatic rings. The van der Waals surface area contributed by atoms with Crippen LogP contribution in [-0.2, 0) is 4.74 Å². The van der Waals surface area contributed by atoms with Crippen molar-refractivity contribution in [1.82, 2.24) is 0 Å². The maximum absolute atomic E-state index is 8.98. The fraction of sp³-hybridized carbons (Fsp3) is 1.00. The zero-order chi connectivity index (χ0) is 12.4. The highest BCUT2D eigenvalue weighted by atomic mass is 16.5. The molecule has 0 saturated heterocycles. The maximum Gasteiger partial charge on any atom is 0.0609 e. The van der Waals surface area contributed by atoms with Crippen molar-refractivity contribution in [3.05, 3.63) is 0 Å². The first-order valence-corrected chi connectivity index (χ1v) is 6.53. The van der Waals surface area contributed by atoms with Crippen LogP contribution in [0.3, 0.4) is 0 Å². The van der Waals surface area contributed by atoms with Crippen LogP contribution in [0.5, 0.6) is 0 Å². The van der Waals surface area contributed by atoms with E-state index in [9.17, 15) is 0 Å². The van der Waals surface area contributed by atoms with E-state index in [1.54, 1.807) is 0 Å². The van der Waals surface area contributed by atoms with E-state index >= 15 is 0 Å². The highest BCUT2D eigenvalue weighted by Gasteiger charge is 2.16. The molecule has 0 aromatic carbocycles. The summed E-state index contributed by atoms with van der Waals surface area (Å²) in [6.45, 7) is 7.78. The van der Waals surface area contributed by atoms with Crippen LogP contribution in [0.2, 0.25) is 0 Å². The Morgan fingerprint density at radius 3 is 2.56 bits per heavy atom. The van der Waals surface area contributed by atoms with Crippen LogP contribution in [-0.4, -0.2) is 30.5 Å². The molecule has 0 aliphatic carbocycles. The SMILES string of the molecule is CCCCC(CC)COCCC(C)(N)CO. The van der Waals surface area contributed by atoms with Gasteiger partial charge in [-0.1, -0.05) is 33.1 Å². The Bertz CT molecular complexity index is 160. The van der Waals surface area contributed by atoms with Crippen molar-refractivity contribution < 1.29 is 9.84 Å². The van der Waals surface area contributed by atoms with Gasteiger partial charge in [-0.05, 0) is 25.7 Å². The van der Waals surface area contributed by atoms with Gasteiger partial charge in [-0.2, -0.15) is 0 Å². The van der Waals surface area contributed by atoms with Gasteiger partial charge in [-0.25, -0.2) is 0 Å². The predicted molar refractivity (Wildman–Crippen MR) is 68.4 cm³/mol. The molecule has 0 aliphatic rings. The van der Waals surface area contributed by atoms with Crippen molar-refractivity contribution in [2.75, 3.05) is 19.8 Å². The van der Waals surface area contributed by atoms with Gasteiger partial charge >= 0.3 is 0 Å². The molecule has 0 aromatic heterocycles. The lowest BCUT2D eigenvalue weighted by molar-refractivity contribution is 0.0719. The third-order valence-electron chi connectivity index (χ3n) is 3.08. The van der Waals surface area contributed by atoms with E-state index in [1.165, 1.54) is 25.7 Å². The van der Waals surface area contributed by atoms with Gasteiger partial charge in [0.15, 0.2) is 0 Å². The van der Waals surface area contributed by atoms with E-state index in [4.69, 9.17) is 15.6 Å². The molecule has 3 N–H and O–H groups in total. The van der Waals surface area contributed by atoms with Crippen LogP contribution in [0.1, 0.15) is 52.9 Å². The molecule has 0 fully saturated rings. The Morgan fingerprint density at radius 2 is 2.06 bits per heavy atom. The summed E-state index contributed by atoms with van der Waals surface area (Å²) in [5, 5.41) is 8.98. The number of nitrogens with two attached hydrogens (primary N) is 1. The molecular formula is C13H29NO2. The standard InChI is InChI=1S/C13H29NO2/c1-4-6-7-12(5-2)10-16-9-8-13(3,14)11-15/h12,15H,4-11,14H2,1-3H3. The lowest BCUT2D eigenvalue weighted by atomic mass is 10.00. The molecule has 0 radical (unpaired) electrons. The van der Waals surface area contributed by atoms with Crippen LogP contribution in [0.25, 0.3) is 0 Å². The predicted octanol–water partition coefficient (Wildman–Crippen LogP) is 2.32. The summed E-state index contributed by atoms with van der Waals surface area (Å²) in [4.78, 5) is 0. The molecule has 0 rings (SSSR count). The molecule has 2 unspecified atom stereocenters. The third kappa shape index (κ3) is 8.08. The lowest BCUT2D eigenvalue weighted by Gasteiger charge is -2.22. The average Bonchev–Trinajstić information content (AvgIpc) is 2.28. The highest BCUT2D eigenvalue weighted by Crippen LogP contribution is 2.13. The zero-order valence-electron chi connectivity index (χ0n) is 11.2. The van der Waals surface area contributed by atoms with E-state index in [0.29, 0.717) is 18.9 Å². The molecule has 0 aliphatic heterocycles.